The number of carbonyl (C=O) groups is 1. The van der Waals surface area contributed by atoms with Gasteiger partial charge >= 0.3 is 0 Å². The van der Waals surface area contributed by atoms with Gasteiger partial charge in [0.2, 0.25) is 0 Å². The molecule has 0 radical (unpaired) electrons. The van der Waals surface area contributed by atoms with E-state index in [9.17, 15) is 4.79 Å². The van der Waals surface area contributed by atoms with Crippen molar-refractivity contribution in [2.45, 2.75) is 44.9 Å². The zero-order chi connectivity index (χ0) is 13.8. The van der Waals surface area contributed by atoms with E-state index in [2.05, 4.69) is 0 Å². The molecule has 1 rings (SSSR count). The summed E-state index contributed by atoms with van der Waals surface area (Å²) in [4.78, 5) is 10.4. The number of benzene rings is 1. The van der Waals surface area contributed by atoms with Crippen LogP contribution in [-0.4, -0.2) is 24.6 Å². The van der Waals surface area contributed by atoms with Gasteiger partial charge in [0.1, 0.15) is 12.0 Å². The van der Waals surface area contributed by atoms with Crippen LogP contribution in [0.4, 0.5) is 0 Å². The van der Waals surface area contributed by atoms with E-state index in [1.165, 1.54) is 19.3 Å². The molecule has 0 aliphatic rings. The molecule has 0 aliphatic carbocycles. The van der Waals surface area contributed by atoms with E-state index in [0.29, 0.717) is 13.0 Å². The maximum atomic E-state index is 10.4. The van der Waals surface area contributed by atoms with Gasteiger partial charge in [-0.25, -0.2) is 0 Å². The highest BCUT2D eigenvalue weighted by atomic mass is 16.5. The average molecular weight is 264 g/mol. The van der Waals surface area contributed by atoms with Crippen LogP contribution in [0.15, 0.2) is 24.3 Å². The summed E-state index contributed by atoms with van der Waals surface area (Å²) in [6.07, 6.45) is 8.06. The minimum absolute atomic E-state index is 0.309. The molecule has 1 aromatic rings. The van der Waals surface area contributed by atoms with Gasteiger partial charge in [0, 0.05) is 13.0 Å². The van der Waals surface area contributed by atoms with Crippen LogP contribution in [0.25, 0.3) is 0 Å². The molecular weight excluding hydrogens is 240 g/mol. The second-order valence-electron chi connectivity index (χ2n) is 4.71. The van der Waals surface area contributed by atoms with Crippen LogP contribution in [0, 0.1) is 0 Å². The van der Waals surface area contributed by atoms with Crippen molar-refractivity contribution in [1.29, 1.82) is 0 Å². The first-order chi connectivity index (χ1) is 9.36. The number of unbranched alkanes of at least 4 members (excludes halogenated alkanes) is 5. The zero-order valence-electron chi connectivity index (χ0n) is 11.5. The Morgan fingerprint density at radius 2 is 1.58 bits per heavy atom. The van der Waals surface area contributed by atoms with Crippen molar-refractivity contribution in [3.63, 3.8) is 0 Å². The van der Waals surface area contributed by atoms with Crippen molar-refractivity contribution in [1.82, 2.24) is 0 Å². The number of aldehydes is 1. The molecule has 0 aromatic heterocycles. The Balaban J connectivity index is 2.04. The Labute approximate surface area is 115 Å². The Kier molecular flexibility index (Phi) is 8.73. The molecule has 19 heavy (non-hydrogen) atoms. The summed E-state index contributed by atoms with van der Waals surface area (Å²) >= 11 is 0. The third-order valence-corrected chi connectivity index (χ3v) is 3.06. The van der Waals surface area contributed by atoms with Crippen LogP contribution >= 0.6 is 0 Å². The summed E-state index contributed by atoms with van der Waals surface area (Å²) in [6, 6.07) is 7.69. The lowest BCUT2D eigenvalue weighted by atomic mass is 10.1. The molecule has 3 heteroatoms. The maximum Gasteiger partial charge on any atom is 0.124 e. The summed E-state index contributed by atoms with van der Waals surface area (Å²) in [5.74, 6) is 0.870. The molecule has 0 fully saturated rings. The number of hydrogen-bond donors (Lipinski definition) is 1. The molecular formula is C16H24O3. The van der Waals surface area contributed by atoms with E-state index in [1.54, 1.807) is 0 Å². The molecule has 0 unspecified atom stereocenters. The van der Waals surface area contributed by atoms with Gasteiger partial charge in [-0.1, -0.05) is 37.8 Å². The van der Waals surface area contributed by atoms with E-state index in [0.717, 1.165) is 43.5 Å². The van der Waals surface area contributed by atoms with E-state index in [1.807, 2.05) is 24.3 Å². The van der Waals surface area contributed by atoms with Crippen LogP contribution in [0.1, 0.15) is 44.1 Å². The van der Waals surface area contributed by atoms with Crippen molar-refractivity contribution in [3.8, 4) is 5.75 Å². The van der Waals surface area contributed by atoms with Crippen LogP contribution in [0.5, 0.6) is 5.75 Å². The Hall–Kier alpha value is -1.35. The number of hydrogen-bond acceptors (Lipinski definition) is 3. The predicted octanol–water partition coefficient (Wildman–Crippen LogP) is 3.14. The minimum Gasteiger partial charge on any atom is -0.494 e. The Bertz CT molecular complexity index is 332. The first-order valence-electron chi connectivity index (χ1n) is 7.13. The number of aliphatic hydroxyl groups excluding tert-OH is 1. The molecule has 1 N–H and O–H groups in total. The molecule has 0 saturated carbocycles. The summed E-state index contributed by atoms with van der Waals surface area (Å²) in [6.45, 7) is 1.05. The topological polar surface area (TPSA) is 46.5 Å². The van der Waals surface area contributed by atoms with Crippen molar-refractivity contribution in [3.05, 3.63) is 29.8 Å². The molecule has 0 atom stereocenters. The highest BCUT2D eigenvalue weighted by Crippen LogP contribution is 2.13. The average Bonchev–Trinajstić information content (AvgIpc) is 2.44. The number of ether oxygens (including phenoxy) is 1. The lowest BCUT2D eigenvalue weighted by Crippen LogP contribution is -1.97. The zero-order valence-corrected chi connectivity index (χ0v) is 11.5. The molecule has 0 saturated heterocycles. The van der Waals surface area contributed by atoms with Gasteiger partial charge in [-0.3, -0.25) is 0 Å². The van der Waals surface area contributed by atoms with Crippen LogP contribution in [0.2, 0.25) is 0 Å². The summed E-state index contributed by atoms with van der Waals surface area (Å²) < 4.78 is 5.64. The molecule has 3 nitrogen and oxygen atoms in total. The molecule has 0 amide bonds. The second-order valence-corrected chi connectivity index (χ2v) is 4.71. The normalized spacial score (nSPS) is 10.4. The lowest BCUT2D eigenvalue weighted by molar-refractivity contribution is -0.107. The van der Waals surface area contributed by atoms with Crippen molar-refractivity contribution in [2.75, 3.05) is 13.2 Å². The fraction of sp³-hybridized carbons (Fsp3) is 0.562. The molecule has 1 aromatic carbocycles. The monoisotopic (exact) mass is 264 g/mol. The second kappa shape index (κ2) is 10.6. The predicted molar refractivity (Wildman–Crippen MR) is 76.5 cm³/mol. The standard InChI is InChI=1S/C16H24O3/c17-12-5-3-1-2-4-6-14-19-16-9-7-15(8-10-16)11-13-18/h7-10,13,17H,1-6,11-12,14H2. The maximum absolute atomic E-state index is 10.4. The quantitative estimate of drug-likeness (QED) is 0.493. The number of carbonyl (C=O) groups excluding carboxylic acids is 1. The fourth-order valence-electron chi connectivity index (χ4n) is 1.93. The first kappa shape index (κ1) is 15.7. The van der Waals surface area contributed by atoms with Crippen molar-refractivity contribution < 1.29 is 14.6 Å². The molecule has 0 aliphatic heterocycles. The molecule has 106 valence electrons. The Morgan fingerprint density at radius 1 is 0.947 bits per heavy atom. The summed E-state index contributed by atoms with van der Waals surface area (Å²) in [5.41, 5.74) is 1.02. The fourth-order valence-corrected chi connectivity index (χ4v) is 1.93. The van der Waals surface area contributed by atoms with E-state index >= 15 is 0 Å². The van der Waals surface area contributed by atoms with Gasteiger partial charge in [-0.15, -0.1) is 0 Å². The first-order valence-corrected chi connectivity index (χ1v) is 7.13. The van der Waals surface area contributed by atoms with Gasteiger partial charge in [0.05, 0.1) is 6.61 Å². The molecule has 0 heterocycles. The van der Waals surface area contributed by atoms with Crippen molar-refractivity contribution >= 4 is 6.29 Å². The number of rotatable bonds is 11. The molecule has 0 spiro atoms. The minimum atomic E-state index is 0.309. The van der Waals surface area contributed by atoms with Gasteiger partial charge in [0.25, 0.3) is 0 Å². The van der Waals surface area contributed by atoms with Gasteiger partial charge in [0.15, 0.2) is 0 Å². The largest absolute Gasteiger partial charge is 0.494 e. The van der Waals surface area contributed by atoms with Gasteiger partial charge < -0.3 is 14.6 Å². The highest BCUT2D eigenvalue weighted by Gasteiger charge is 1.96. The number of aliphatic hydroxyl groups is 1. The van der Waals surface area contributed by atoms with Crippen LogP contribution in [0.3, 0.4) is 0 Å². The SMILES string of the molecule is O=CCc1ccc(OCCCCCCCCO)cc1. The van der Waals surface area contributed by atoms with E-state index in [4.69, 9.17) is 9.84 Å². The molecule has 0 bridgehead atoms. The van der Waals surface area contributed by atoms with E-state index < -0.39 is 0 Å². The summed E-state index contributed by atoms with van der Waals surface area (Å²) in [7, 11) is 0. The Morgan fingerprint density at radius 3 is 2.21 bits per heavy atom. The third-order valence-electron chi connectivity index (χ3n) is 3.06. The highest BCUT2D eigenvalue weighted by molar-refractivity contribution is 5.55. The smallest absolute Gasteiger partial charge is 0.124 e. The van der Waals surface area contributed by atoms with Gasteiger partial charge in [-0.05, 0) is 30.5 Å². The van der Waals surface area contributed by atoms with Crippen LogP contribution in [-0.2, 0) is 11.2 Å². The van der Waals surface area contributed by atoms with E-state index in [-0.39, 0.29) is 0 Å². The summed E-state index contributed by atoms with van der Waals surface area (Å²) in [5, 5.41) is 8.65. The van der Waals surface area contributed by atoms with Crippen molar-refractivity contribution in [2.24, 2.45) is 0 Å². The lowest BCUT2D eigenvalue weighted by Gasteiger charge is -2.06. The third kappa shape index (κ3) is 7.62. The van der Waals surface area contributed by atoms with Crippen LogP contribution < -0.4 is 4.74 Å². The van der Waals surface area contributed by atoms with Gasteiger partial charge in [-0.2, -0.15) is 0 Å².